The fourth-order valence-corrected chi connectivity index (χ4v) is 3.24. The third-order valence-electron chi connectivity index (χ3n) is 4.59. The molecule has 1 N–H and O–H groups in total. The fraction of sp³-hybridized carbons (Fsp3) is 0.182. The smallest absolute Gasteiger partial charge is 0.348 e. The van der Waals surface area contributed by atoms with E-state index in [0.717, 1.165) is 5.56 Å². The Morgan fingerprint density at radius 3 is 2.12 bits per heavy atom. The zero-order valence-corrected chi connectivity index (χ0v) is 16.9. The third kappa shape index (κ3) is 5.79. The SMILES string of the molecule is O=C(NCc1cc(C(F)(F)F)cc(C(F)(F)F)c1)c1ccncc1Cc1ccccc1Cl. The lowest BCUT2D eigenvalue weighted by Crippen LogP contribution is -2.25. The van der Waals surface area contributed by atoms with Gasteiger partial charge in [-0.25, -0.2) is 0 Å². The van der Waals surface area contributed by atoms with Gasteiger partial charge < -0.3 is 5.32 Å². The highest BCUT2D eigenvalue weighted by atomic mass is 35.5. The molecule has 0 aliphatic heterocycles. The highest BCUT2D eigenvalue weighted by molar-refractivity contribution is 6.31. The molecule has 0 bridgehead atoms. The summed E-state index contributed by atoms with van der Waals surface area (Å²) in [6.07, 6.45) is -6.86. The van der Waals surface area contributed by atoms with Gasteiger partial charge in [-0.2, -0.15) is 26.3 Å². The summed E-state index contributed by atoms with van der Waals surface area (Å²) in [4.78, 5) is 16.6. The van der Waals surface area contributed by atoms with Crippen LogP contribution in [-0.2, 0) is 25.3 Å². The van der Waals surface area contributed by atoms with Crippen LogP contribution in [-0.4, -0.2) is 10.9 Å². The fourth-order valence-electron chi connectivity index (χ4n) is 3.04. The van der Waals surface area contributed by atoms with Crippen LogP contribution in [0.2, 0.25) is 5.02 Å². The first-order valence-corrected chi connectivity index (χ1v) is 9.56. The molecule has 2 aromatic carbocycles. The van der Waals surface area contributed by atoms with Crippen molar-refractivity contribution in [1.82, 2.24) is 10.3 Å². The lowest BCUT2D eigenvalue weighted by Gasteiger charge is -2.15. The van der Waals surface area contributed by atoms with Gasteiger partial charge in [-0.05, 0) is 47.0 Å². The molecule has 1 aromatic heterocycles. The number of benzene rings is 2. The number of aromatic nitrogens is 1. The number of hydrogen-bond donors (Lipinski definition) is 1. The van der Waals surface area contributed by atoms with Crippen molar-refractivity contribution in [3.05, 3.63) is 99.3 Å². The van der Waals surface area contributed by atoms with Gasteiger partial charge in [0.2, 0.25) is 0 Å². The first-order valence-electron chi connectivity index (χ1n) is 9.18. The Balaban J connectivity index is 1.83. The molecular formula is C22H15ClF6N2O. The molecule has 32 heavy (non-hydrogen) atoms. The number of amides is 1. The van der Waals surface area contributed by atoms with Gasteiger partial charge in [-0.15, -0.1) is 0 Å². The number of alkyl halides is 6. The van der Waals surface area contributed by atoms with Gasteiger partial charge in [0, 0.05) is 35.9 Å². The molecule has 3 nitrogen and oxygen atoms in total. The molecule has 168 valence electrons. The Kier molecular flexibility index (Phi) is 6.78. The van der Waals surface area contributed by atoms with Crippen LogP contribution in [0.5, 0.6) is 0 Å². The van der Waals surface area contributed by atoms with Crippen molar-refractivity contribution in [3.63, 3.8) is 0 Å². The van der Waals surface area contributed by atoms with E-state index in [2.05, 4.69) is 10.3 Å². The molecular weight excluding hydrogens is 458 g/mol. The van der Waals surface area contributed by atoms with Gasteiger partial charge in [0.15, 0.2) is 0 Å². The van der Waals surface area contributed by atoms with Gasteiger partial charge in [0.25, 0.3) is 5.91 Å². The number of carbonyl (C=O) groups is 1. The number of pyridine rings is 1. The number of nitrogens with one attached hydrogen (secondary N) is 1. The molecule has 0 aliphatic carbocycles. The predicted octanol–water partition coefficient (Wildman–Crippen LogP) is 6.29. The van der Waals surface area contributed by atoms with Crippen LogP contribution in [0, 0.1) is 0 Å². The lowest BCUT2D eigenvalue weighted by atomic mass is 10.0. The predicted molar refractivity (Wildman–Crippen MR) is 106 cm³/mol. The molecule has 10 heteroatoms. The minimum absolute atomic E-state index is 0.0376. The highest BCUT2D eigenvalue weighted by Gasteiger charge is 2.36. The molecule has 0 saturated carbocycles. The van der Waals surface area contributed by atoms with E-state index < -0.39 is 35.9 Å². The number of hydrogen-bond acceptors (Lipinski definition) is 2. The zero-order valence-electron chi connectivity index (χ0n) is 16.2. The van der Waals surface area contributed by atoms with Crippen LogP contribution in [0.25, 0.3) is 0 Å². The van der Waals surface area contributed by atoms with E-state index in [0.29, 0.717) is 22.7 Å². The van der Waals surface area contributed by atoms with Crippen LogP contribution in [0.3, 0.4) is 0 Å². The normalized spacial score (nSPS) is 12.0. The van der Waals surface area contributed by atoms with Crippen LogP contribution in [0.1, 0.15) is 38.2 Å². The Morgan fingerprint density at radius 2 is 1.53 bits per heavy atom. The third-order valence-corrected chi connectivity index (χ3v) is 4.96. The van der Waals surface area contributed by atoms with Crippen molar-refractivity contribution in [2.75, 3.05) is 0 Å². The van der Waals surface area contributed by atoms with E-state index in [1.807, 2.05) is 0 Å². The summed E-state index contributed by atoms with van der Waals surface area (Å²) in [6.45, 7) is -0.528. The van der Waals surface area contributed by atoms with Gasteiger partial charge in [-0.1, -0.05) is 29.8 Å². The number of carbonyl (C=O) groups excluding carboxylic acids is 1. The quantitative estimate of drug-likeness (QED) is 0.443. The second-order valence-electron chi connectivity index (χ2n) is 6.90. The van der Waals surface area contributed by atoms with Gasteiger partial charge >= 0.3 is 12.4 Å². The Bertz CT molecular complexity index is 1100. The molecule has 0 unspecified atom stereocenters. The second kappa shape index (κ2) is 9.20. The minimum atomic E-state index is -4.97. The summed E-state index contributed by atoms with van der Waals surface area (Å²) in [5, 5.41) is 2.86. The largest absolute Gasteiger partial charge is 0.416 e. The molecule has 3 aromatic rings. The Morgan fingerprint density at radius 1 is 0.906 bits per heavy atom. The van der Waals surface area contributed by atoms with E-state index in [1.165, 1.54) is 18.5 Å². The zero-order chi connectivity index (χ0) is 23.5. The van der Waals surface area contributed by atoms with E-state index in [-0.39, 0.29) is 23.6 Å². The standard InChI is InChI=1S/C22H15ClF6N2O/c23-19-4-2-1-3-14(19)9-15-12-30-6-5-18(15)20(32)31-11-13-7-16(21(24,25)26)10-17(8-13)22(27,28)29/h1-8,10,12H,9,11H2,(H,31,32). The monoisotopic (exact) mass is 472 g/mol. The molecule has 0 spiro atoms. The lowest BCUT2D eigenvalue weighted by molar-refractivity contribution is -0.143. The van der Waals surface area contributed by atoms with Crippen molar-refractivity contribution in [2.45, 2.75) is 25.3 Å². The summed E-state index contributed by atoms with van der Waals surface area (Å²) in [7, 11) is 0. The molecule has 1 heterocycles. The first-order chi connectivity index (χ1) is 14.9. The van der Waals surface area contributed by atoms with Crippen molar-refractivity contribution < 1.29 is 31.1 Å². The molecule has 1 amide bonds. The Labute approximate surface area is 184 Å². The highest BCUT2D eigenvalue weighted by Crippen LogP contribution is 2.36. The van der Waals surface area contributed by atoms with Gasteiger partial charge in [-0.3, -0.25) is 9.78 Å². The maximum absolute atomic E-state index is 13.0. The summed E-state index contributed by atoms with van der Waals surface area (Å²) < 4.78 is 78.1. The second-order valence-corrected chi connectivity index (χ2v) is 7.31. The van der Waals surface area contributed by atoms with E-state index in [1.54, 1.807) is 24.3 Å². The van der Waals surface area contributed by atoms with Crippen LogP contribution < -0.4 is 5.32 Å². The summed E-state index contributed by atoms with van der Waals surface area (Å²) in [5.41, 5.74) is -1.81. The molecule has 3 rings (SSSR count). The van der Waals surface area contributed by atoms with Gasteiger partial charge in [0.05, 0.1) is 11.1 Å². The molecule has 0 saturated heterocycles. The van der Waals surface area contributed by atoms with Crippen LogP contribution >= 0.6 is 11.6 Å². The molecule has 0 fully saturated rings. The topological polar surface area (TPSA) is 42.0 Å². The molecule has 0 radical (unpaired) electrons. The maximum atomic E-state index is 13.0. The van der Waals surface area contributed by atoms with Crippen molar-refractivity contribution in [3.8, 4) is 0 Å². The van der Waals surface area contributed by atoms with Gasteiger partial charge in [0.1, 0.15) is 0 Å². The van der Waals surface area contributed by atoms with Crippen molar-refractivity contribution in [2.24, 2.45) is 0 Å². The number of rotatable bonds is 5. The summed E-state index contributed by atoms with van der Waals surface area (Å²) in [6, 6.07) is 9.55. The van der Waals surface area contributed by atoms with E-state index >= 15 is 0 Å². The summed E-state index contributed by atoms with van der Waals surface area (Å²) in [5.74, 6) is -0.666. The number of halogens is 7. The van der Waals surface area contributed by atoms with E-state index in [9.17, 15) is 31.1 Å². The maximum Gasteiger partial charge on any atom is 0.416 e. The average molecular weight is 473 g/mol. The van der Waals surface area contributed by atoms with Crippen LogP contribution in [0.15, 0.2) is 60.9 Å². The summed E-state index contributed by atoms with van der Waals surface area (Å²) >= 11 is 6.15. The molecule has 0 aliphatic rings. The Hall–Kier alpha value is -3.07. The van der Waals surface area contributed by atoms with Crippen molar-refractivity contribution in [1.29, 1.82) is 0 Å². The minimum Gasteiger partial charge on any atom is -0.348 e. The van der Waals surface area contributed by atoms with Crippen LogP contribution in [0.4, 0.5) is 26.3 Å². The molecule has 0 atom stereocenters. The average Bonchev–Trinajstić information content (AvgIpc) is 2.72. The number of nitrogens with zero attached hydrogens (tertiary/aromatic N) is 1. The first kappa shape index (κ1) is 23.6. The van der Waals surface area contributed by atoms with Crippen molar-refractivity contribution >= 4 is 17.5 Å². The van der Waals surface area contributed by atoms with E-state index in [4.69, 9.17) is 11.6 Å².